The molecular weight excluding hydrogens is 275 g/mol. The number of fused-ring (bicyclic) bond motifs is 1. The van der Waals surface area contributed by atoms with Gasteiger partial charge in [-0.15, -0.1) is 0 Å². The van der Waals surface area contributed by atoms with E-state index < -0.39 is 5.82 Å². The first-order valence-electron chi connectivity index (χ1n) is 8.60. The average molecular weight is 300 g/mol. The van der Waals surface area contributed by atoms with Crippen LogP contribution < -0.4 is 0 Å². The standard InChI is InChI=1S/C20H25FO/c1-2-3-4-14-5-7-15(8-6-14)16-9-11-18-17(13-16)10-12-19(22)20(18)21/h9-15,22H,2-8H2,1H3. The quantitative estimate of drug-likeness (QED) is 0.718. The van der Waals surface area contributed by atoms with Crippen LogP contribution in [0, 0.1) is 11.7 Å². The monoisotopic (exact) mass is 300 g/mol. The van der Waals surface area contributed by atoms with E-state index in [0.717, 1.165) is 11.3 Å². The van der Waals surface area contributed by atoms with Gasteiger partial charge in [0.25, 0.3) is 0 Å². The molecule has 1 N–H and O–H groups in total. The maximum absolute atomic E-state index is 13.9. The van der Waals surface area contributed by atoms with Crippen molar-refractivity contribution in [3.63, 3.8) is 0 Å². The lowest BCUT2D eigenvalue weighted by atomic mass is 9.77. The molecule has 1 saturated carbocycles. The fourth-order valence-corrected chi connectivity index (χ4v) is 3.83. The summed E-state index contributed by atoms with van der Waals surface area (Å²) in [6.45, 7) is 2.26. The molecule has 0 aliphatic heterocycles. The summed E-state index contributed by atoms with van der Waals surface area (Å²) in [4.78, 5) is 0. The number of hydrogen-bond acceptors (Lipinski definition) is 1. The Hall–Kier alpha value is -1.57. The van der Waals surface area contributed by atoms with Crippen molar-refractivity contribution < 1.29 is 9.50 Å². The molecule has 0 unspecified atom stereocenters. The number of phenols is 1. The van der Waals surface area contributed by atoms with Crippen molar-refractivity contribution in [3.05, 3.63) is 41.7 Å². The van der Waals surface area contributed by atoms with E-state index in [4.69, 9.17) is 0 Å². The molecule has 0 amide bonds. The van der Waals surface area contributed by atoms with Crippen LogP contribution in [-0.2, 0) is 0 Å². The zero-order valence-corrected chi connectivity index (χ0v) is 13.3. The van der Waals surface area contributed by atoms with E-state index in [1.54, 1.807) is 0 Å². The van der Waals surface area contributed by atoms with Crippen molar-refractivity contribution in [3.8, 4) is 5.75 Å². The summed E-state index contributed by atoms with van der Waals surface area (Å²) in [6, 6.07) is 9.23. The summed E-state index contributed by atoms with van der Waals surface area (Å²) in [7, 11) is 0. The smallest absolute Gasteiger partial charge is 0.172 e. The number of halogens is 1. The van der Waals surface area contributed by atoms with Gasteiger partial charge in [-0.3, -0.25) is 0 Å². The molecule has 1 fully saturated rings. The SMILES string of the molecule is CCCCC1CCC(c2ccc3c(F)c(O)ccc3c2)CC1. The van der Waals surface area contributed by atoms with Crippen LogP contribution in [0.2, 0.25) is 0 Å². The minimum absolute atomic E-state index is 0.267. The highest BCUT2D eigenvalue weighted by atomic mass is 19.1. The van der Waals surface area contributed by atoms with Crippen LogP contribution in [-0.4, -0.2) is 5.11 Å². The summed E-state index contributed by atoms with van der Waals surface area (Å²) < 4.78 is 13.9. The Morgan fingerprint density at radius 3 is 2.59 bits per heavy atom. The van der Waals surface area contributed by atoms with Crippen LogP contribution in [0.25, 0.3) is 10.8 Å². The Bertz CT molecular complexity index is 641. The number of phenolic OH excluding ortho intramolecular Hbond substituents is 1. The molecule has 1 aliphatic rings. The van der Waals surface area contributed by atoms with E-state index in [9.17, 15) is 9.50 Å². The highest BCUT2D eigenvalue weighted by Crippen LogP contribution is 2.39. The maximum atomic E-state index is 13.9. The molecule has 0 saturated heterocycles. The third-order valence-corrected chi connectivity index (χ3v) is 5.24. The average Bonchev–Trinajstić information content (AvgIpc) is 2.56. The Balaban J connectivity index is 1.73. The van der Waals surface area contributed by atoms with Gasteiger partial charge in [0.2, 0.25) is 0 Å². The van der Waals surface area contributed by atoms with Crippen molar-refractivity contribution >= 4 is 10.8 Å². The molecule has 2 heteroatoms. The molecule has 0 heterocycles. The lowest BCUT2D eigenvalue weighted by Crippen LogP contribution is -2.13. The number of rotatable bonds is 4. The van der Waals surface area contributed by atoms with E-state index in [1.807, 2.05) is 18.2 Å². The summed E-state index contributed by atoms with van der Waals surface area (Å²) in [5.41, 5.74) is 1.33. The molecule has 0 bridgehead atoms. The van der Waals surface area contributed by atoms with E-state index in [1.165, 1.54) is 56.6 Å². The molecule has 118 valence electrons. The van der Waals surface area contributed by atoms with Crippen LogP contribution >= 0.6 is 0 Å². The van der Waals surface area contributed by atoms with E-state index >= 15 is 0 Å². The number of hydrogen-bond donors (Lipinski definition) is 1. The van der Waals surface area contributed by atoms with E-state index in [0.29, 0.717) is 11.3 Å². The lowest BCUT2D eigenvalue weighted by Gasteiger charge is -2.29. The summed E-state index contributed by atoms with van der Waals surface area (Å²) in [5.74, 6) is 0.745. The van der Waals surface area contributed by atoms with Gasteiger partial charge >= 0.3 is 0 Å². The summed E-state index contributed by atoms with van der Waals surface area (Å²) in [5, 5.41) is 10.9. The highest BCUT2D eigenvalue weighted by Gasteiger charge is 2.22. The van der Waals surface area contributed by atoms with Gasteiger partial charge in [-0.1, -0.05) is 50.5 Å². The lowest BCUT2D eigenvalue weighted by molar-refractivity contribution is 0.304. The van der Waals surface area contributed by atoms with E-state index in [2.05, 4.69) is 13.0 Å². The van der Waals surface area contributed by atoms with Crippen molar-refractivity contribution in [1.29, 1.82) is 0 Å². The molecule has 1 aliphatic carbocycles. The molecule has 2 aromatic rings. The zero-order chi connectivity index (χ0) is 15.5. The molecule has 2 aromatic carbocycles. The first-order valence-corrected chi connectivity index (χ1v) is 8.60. The fraction of sp³-hybridized carbons (Fsp3) is 0.500. The topological polar surface area (TPSA) is 20.2 Å². The van der Waals surface area contributed by atoms with Crippen LogP contribution in [0.5, 0.6) is 5.75 Å². The minimum Gasteiger partial charge on any atom is -0.505 e. The summed E-state index contributed by atoms with van der Waals surface area (Å²) >= 11 is 0. The molecule has 0 radical (unpaired) electrons. The second-order valence-electron chi connectivity index (χ2n) is 6.74. The maximum Gasteiger partial charge on any atom is 0.172 e. The van der Waals surface area contributed by atoms with Gasteiger partial charge in [0.1, 0.15) is 0 Å². The Kier molecular flexibility index (Phi) is 4.66. The van der Waals surface area contributed by atoms with Crippen LogP contribution in [0.3, 0.4) is 0 Å². The van der Waals surface area contributed by atoms with Gasteiger partial charge in [0.15, 0.2) is 11.6 Å². The van der Waals surface area contributed by atoms with Crippen molar-refractivity contribution in [2.24, 2.45) is 5.92 Å². The number of benzene rings is 2. The van der Waals surface area contributed by atoms with Crippen LogP contribution in [0.15, 0.2) is 30.3 Å². The van der Waals surface area contributed by atoms with Gasteiger partial charge in [0, 0.05) is 5.39 Å². The summed E-state index contributed by atoms with van der Waals surface area (Å²) in [6.07, 6.45) is 9.18. The minimum atomic E-state index is -0.507. The molecule has 0 aromatic heterocycles. The molecule has 3 rings (SSSR count). The van der Waals surface area contributed by atoms with Gasteiger partial charge in [0.05, 0.1) is 0 Å². The first kappa shape index (κ1) is 15.3. The van der Waals surface area contributed by atoms with Gasteiger partial charge in [-0.05, 0) is 54.5 Å². The van der Waals surface area contributed by atoms with Gasteiger partial charge in [-0.25, -0.2) is 4.39 Å². The predicted molar refractivity (Wildman–Crippen MR) is 89.8 cm³/mol. The Morgan fingerprint density at radius 2 is 1.86 bits per heavy atom. The van der Waals surface area contributed by atoms with E-state index in [-0.39, 0.29) is 5.75 Å². The fourth-order valence-electron chi connectivity index (χ4n) is 3.83. The van der Waals surface area contributed by atoms with Crippen molar-refractivity contribution in [1.82, 2.24) is 0 Å². The molecule has 0 atom stereocenters. The van der Waals surface area contributed by atoms with Gasteiger partial charge < -0.3 is 5.11 Å². The van der Waals surface area contributed by atoms with Gasteiger partial charge in [-0.2, -0.15) is 0 Å². The number of aromatic hydroxyl groups is 1. The third-order valence-electron chi connectivity index (χ3n) is 5.24. The third kappa shape index (κ3) is 3.11. The molecule has 22 heavy (non-hydrogen) atoms. The molecule has 1 nitrogen and oxygen atoms in total. The number of unbranched alkanes of at least 4 members (excludes halogenated alkanes) is 1. The normalized spacial score (nSPS) is 22.1. The predicted octanol–water partition coefficient (Wildman–Crippen LogP) is 6.15. The van der Waals surface area contributed by atoms with Crippen molar-refractivity contribution in [2.75, 3.05) is 0 Å². The van der Waals surface area contributed by atoms with Crippen LogP contribution in [0.4, 0.5) is 4.39 Å². The Labute approximate surface area is 132 Å². The largest absolute Gasteiger partial charge is 0.505 e. The van der Waals surface area contributed by atoms with Crippen molar-refractivity contribution in [2.45, 2.75) is 57.8 Å². The Morgan fingerprint density at radius 1 is 1.09 bits per heavy atom. The highest BCUT2D eigenvalue weighted by molar-refractivity contribution is 5.85. The molecule has 0 spiro atoms. The second kappa shape index (κ2) is 6.68. The zero-order valence-electron chi connectivity index (χ0n) is 13.3. The second-order valence-corrected chi connectivity index (χ2v) is 6.74. The first-order chi connectivity index (χ1) is 10.7. The van der Waals surface area contributed by atoms with Crippen LogP contribution in [0.1, 0.15) is 63.4 Å². The molecular formula is C20H25FO.